The van der Waals surface area contributed by atoms with Gasteiger partial charge in [0.2, 0.25) is 0 Å². The number of ether oxygens (including phenoxy) is 1. The quantitative estimate of drug-likeness (QED) is 0.602. The molecule has 1 saturated carbocycles. The largest absolute Gasteiger partial charge is 0.489 e. The molecular weight excluding hydrogens is 453 g/mol. The summed E-state index contributed by atoms with van der Waals surface area (Å²) < 4.78 is 46.3. The van der Waals surface area contributed by atoms with Gasteiger partial charge in [-0.2, -0.15) is 13.2 Å². The van der Waals surface area contributed by atoms with Crippen molar-refractivity contribution in [2.45, 2.75) is 38.7 Å². The van der Waals surface area contributed by atoms with E-state index in [0.29, 0.717) is 31.5 Å². The van der Waals surface area contributed by atoms with Crippen molar-refractivity contribution in [3.63, 3.8) is 0 Å². The molecule has 2 fully saturated rings. The average Bonchev–Trinajstić information content (AvgIpc) is 2.72. The van der Waals surface area contributed by atoms with Crippen LogP contribution < -0.4 is 10.3 Å². The van der Waals surface area contributed by atoms with E-state index in [-0.39, 0.29) is 45.6 Å². The Kier molecular flexibility index (Phi) is 5.12. The first-order valence-corrected chi connectivity index (χ1v) is 10.7. The molecule has 0 bridgehead atoms. The molecule has 178 valence electrons. The SMILES string of the molecule is Cc1nc2nc(C(F)(F)F)c(COc3ccc(C(=O)N4CC5(CC(O)C5)C4)cc3)cc2c(=O)[nH]1. The third kappa shape index (κ3) is 4.00. The van der Waals surface area contributed by atoms with Crippen molar-refractivity contribution in [1.29, 1.82) is 0 Å². The van der Waals surface area contributed by atoms with Gasteiger partial charge in [-0.1, -0.05) is 0 Å². The Morgan fingerprint density at radius 3 is 2.53 bits per heavy atom. The normalized spacial score (nSPS) is 17.5. The van der Waals surface area contributed by atoms with Crippen LogP contribution >= 0.6 is 0 Å². The molecule has 8 nitrogen and oxygen atoms in total. The van der Waals surface area contributed by atoms with Gasteiger partial charge in [0.25, 0.3) is 11.5 Å². The van der Waals surface area contributed by atoms with Crippen LogP contribution in [-0.2, 0) is 12.8 Å². The lowest BCUT2D eigenvalue weighted by atomic mass is 9.62. The molecule has 34 heavy (non-hydrogen) atoms. The number of benzene rings is 1. The fraction of sp³-hybridized carbons (Fsp3) is 0.391. The highest BCUT2D eigenvalue weighted by Gasteiger charge is 2.53. The average molecular weight is 474 g/mol. The predicted octanol–water partition coefficient (Wildman–Crippen LogP) is 2.82. The van der Waals surface area contributed by atoms with E-state index in [2.05, 4.69) is 15.0 Å². The lowest BCUT2D eigenvalue weighted by Crippen LogP contribution is -2.64. The Balaban J connectivity index is 1.30. The number of aliphatic hydroxyl groups excluding tert-OH is 1. The number of aliphatic hydroxyl groups is 1. The number of pyridine rings is 1. The van der Waals surface area contributed by atoms with Crippen LogP contribution in [0.5, 0.6) is 5.75 Å². The van der Waals surface area contributed by atoms with Crippen LogP contribution in [0.25, 0.3) is 11.0 Å². The minimum Gasteiger partial charge on any atom is -0.489 e. The van der Waals surface area contributed by atoms with Crippen molar-refractivity contribution in [3.8, 4) is 5.75 Å². The summed E-state index contributed by atoms with van der Waals surface area (Å²) in [5, 5.41) is 9.42. The molecule has 2 aliphatic rings. The molecule has 1 amide bonds. The van der Waals surface area contributed by atoms with Gasteiger partial charge in [0.15, 0.2) is 11.3 Å². The molecule has 5 rings (SSSR count). The zero-order valence-electron chi connectivity index (χ0n) is 18.1. The summed E-state index contributed by atoms with van der Waals surface area (Å²) in [5.41, 5.74) is -1.85. The molecule has 0 unspecified atom stereocenters. The predicted molar refractivity (Wildman–Crippen MR) is 114 cm³/mol. The fourth-order valence-corrected chi connectivity index (χ4v) is 4.71. The minimum absolute atomic E-state index is 0.0537. The number of H-pyrrole nitrogens is 1. The number of hydrogen-bond donors (Lipinski definition) is 2. The van der Waals surface area contributed by atoms with E-state index >= 15 is 0 Å². The highest BCUT2D eigenvalue weighted by Crippen LogP contribution is 2.48. The number of aromatic nitrogens is 3. The van der Waals surface area contributed by atoms with Crippen molar-refractivity contribution in [2.75, 3.05) is 13.1 Å². The summed E-state index contributed by atoms with van der Waals surface area (Å²) in [6.45, 7) is 2.21. The van der Waals surface area contributed by atoms with Crippen molar-refractivity contribution < 1.29 is 27.8 Å². The van der Waals surface area contributed by atoms with Crippen molar-refractivity contribution in [1.82, 2.24) is 19.9 Å². The molecular formula is C23H21F3N4O4. The van der Waals surface area contributed by atoms with E-state index < -0.39 is 24.0 Å². The van der Waals surface area contributed by atoms with E-state index in [1.54, 1.807) is 17.0 Å². The lowest BCUT2D eigenvalue weighted by Gasteiger charge is -2.57. The van der Waals surface area contributed by atoms with E-state index in [4.69, 9.17) is 4.74 Å². The number of halogens is 3. The number of nitrogens with one attached hydrogen (secondary N) is 1. The number of amides is 1. The Hall–Kier alpha value is -3.47. The number of carbonyl (C=O) groups excluding carboxylic acids is 1. The van der Waals surface area contributed by atoms with Gasteiger partial charge in [0, 0.05) is 29.6 Å². The third-order valence-electron chi connectivity index (χ3n) is 6.34. The highest BCUT2D eigenvalue weighted by atomic mass is 19.4. The summed E-state index contributed by atoms with van der Waals surface area (Å²) in [7, 11) is 0. The van der Waals surface area contributed by atoms with Crippen LogP contribution in [0.2, 0.25) is 0 Å². The smallest absolute Gasteiger partial charge is 0.433 e. The molecule has 3 aromatic rings. The van der Waals surface area contributed by atoms with Crippen molar-refractivity contribution >= 4 is 16.9 Å². The molecule has 1 aromatic carbocycles. The molecule has 3 heterocycles. The highest BCUT2D eigenvalue weighted by molar-refractivity contribution is 5.95. The minimum atomic E-state index is -4.76. The van der Waals surface area contributed by atoms with E-state index in [1.807, 2.05) is 0 Å². The number of likely N-dealkylation sites (tertiary alicyclic amines) is 1. The maximum Gasteiger partial charge on any atom is 0.433 e. The molecule has 1 aliphatic heterocycles. The summed E-state index contributed by atoms with van der Waals surface area (Å²) in [4.78, 5) is 36.4. The first-order valence-electron chi connectivity index (χ1n) is 10.7. The summed E-state index contributed by atoms with van der Waals surface area (Å²) in [6, 6.07) is 7.22. The van der Waals surface area contributed by atoms with Crippen LogP contribution in [0.15, 0.2) is 35.1 Å². The third-order valence-corrected chi connectivity index (χ3v) is 6.34. The number of alkyl halides is 3. The van der Waals surface area contributed by atoms with Crippen LogP contribution in [-0.4, -0.2) is 50.1 Å². The van der Waals surface area contributed by atoms with Crippen molar-refractivity contribution in [2.24, 2.45) is 5.41 Å². The summed E-state index contributed by atoms with van der Waals surface area (Å²) in [5.74, 6) is 0.289. The Bertz CT molecular complexity index is 1320. The Morgan fingerprint density at radius 2 is 1.91 bits per heavy atom. The summed E-state index contributed by atoms with van der Waals surface area (Å²) in [6.07, 6.45) is -3.60. The van der Waals surface area contributed by atoms with Gasteiger partial charge >= 0.3 is 6.18 Å². The molecule has 11 heteroatoms. The van der Waals surface area contributed by atoms with Gasteiger partial charge in [0.1, 0.15) is 18.2 Å². The molecule has 1 spiro atoms. The van der Waals surface area contributed by atoms with Crippen LogP contribution in [0, 0.1) is 12.3 Å². The number of hydrogen-bond acceptors (Lipinski definition) is 6. The van der Waals surface area contributed by atoms with Crippen LogP contribution in [0.1, 0.15) is 40.3 Å². The van der Waals surface area contributed by atoms with E-state index in [0.717, 1.165) is 6.07 Å². The van der Waals surface area contributed by atoms with Gasteiger partial charge < -0.3 is 19.7 Å². The molecule has 0 radical (unpaired) electrons. The van der Waals surface area contributed by atoms with Gasteiger partial charge in [-0.05, 0) is 50.1 Å². The monoisotopic (exact) mass is 474 g/mol. The fourth-order valence-electron chi connectivity index (χ4n) is 4.71. The van der Waals surface area contributed by atoms with Crippen molar-refractivity contribution in [3.05, 3.63) is 63.3 Å². The summed E-state index contributed by atoms with van der Waals surface area (Å²) >= 11 is 0. The molecule has 1 aliphatic carbocycles. The second kappa shape index (κ2) is 7.79. The first-order chi connectivity index (χ1) is 16.0. The number of aryl methyl sites for hydroxylation is 1. The second-order valence-electron chi connectivity index (χ2n) is 9.05. The lowest BCUT2D eigenvalue weighted by molar-refractivity contribution is -0.142. The Labute approximate surface area is 191 Å². The topological polar surface area (TPSA) is 108 Å². The number of carbonyl (C=O) groups is 1. The number of fused-ring (bicyclic) bond motifs is 1. The molecule has 0 atom stereocenters. The maximum atomic E-state index is 13.6. The van der Waals surface area contributed by atoms with E-state index in [9.17, 15) is 27.9 Å². The van der Waals surface area contributed by atoms with Gasteiger partial charge in [-0.3, -0.25) is 9.59 Å². The Morgan fingerprint density at radius 1 is 1.24 bits per heavy atom. The zero-order chi connectivity index (χ0) is 24.3. The molecule has 2 aromatic heterocycles. The first kappa shape index (κ1) is 22.3. The number of nitrogens with zero attached hydrogens (tertiary/aromatic N) is 3. The maximum absolute atomic E-state index is 13.6. The molecule has 2 N–H and O–H groups in total. The number of rotatable bonds is 4. The van der Waals surface area contributed by atoms with Gasteiger partial charge in [0.05, 0.1) is 11.5 Å². The second-order valence-corrected chi connectivity index (χ2v) is 9.05. The van der Waals surface area contributed by atoms with Crippen LogP contribution in [0.4, 0.5) is 13.2 Å². The van der Waals surface area contributed by atoms with Crippen LogP contribution in [0.3, 0.4) is 0 Å². The van der Waals surface area contributed by atoms with E-state index in [1.165, 1.54) is 19.1 Å². The number of aromatic amines is 1. The van der Waals surface area contributed by atoms with Gasteiger partial charge in [-0.25, -0.2) is 9.97 Å². The zero-order valence-corrected chi connectivity index (χ0v) is 18.1. The van der Waals surface area contributed by atoms with Gasteiger partial charge in [-0.15, -0.1) is 0 Å². The molecule has 1 saturated heterocycles. The standard InChI is InChI=1S/C23H21F3N4O4/c1-12-27-19-17(20(32)28-12)6-14(18(29-19)23(24,25)26)9-34-16-4-2-13(3-5-16)21(33)30-10-22(11-30)7-15(31)8-22/h2-6,15,31H,7-11H2,1H3,(H,27,28,29,32).